The summed E-state index contributed by atoms with van der Waals surface area (Å²) in [5.74, 6) is 0.836. The summed E-state index contributed by atoms with van der Waals surface area (Å²) in [6.07, 6.45) is 1.58. The number of aromatic nitrogens is 3. The van der Waals surface area contributed by atoms with Gasteiger partial charge in [0.1, 0.15) is 17.6 Å². The second-order valence-electron chi connectivity index (χ2n) is 4.65. The zero-order chi connectivity index (χ0) is 15.4. The summed E-state index contributed by atoms with van der Waals surface area (Å²) in [4.78, 5) is 12.4. The maximum Gasteiger partial charge on any atom is 0.257 e. The van der Waals surface area contributed by atoms with Crippen LogP contribution in [0.15, 0.2) is 24.5 Å². The predicted molar refractivity (Wildman–Crippen MR) is 78.9 cm³/mol. The molecule has 0 bridgehead atoms. The fourth-order valence-electron chi connectivity index (χ4n) is 2.08. The highest BCUT2D eigenvalue weighted by Crippen LogP contribution is 2.25. The van der Waals surface area contributed by atoms with Gasteiger partial charge in [0.25, 0.3) is 5.91 Å². The van der Waals surface area contributed by atoms with Crippen molar-refractivity contribution in [3.63, 3.8) is 0 Å². The van der Waals surface area contributed by atoms with Crippen molar-refractivity contribution in [1.82, 2.24) is 20.1 Å². The van der Waals surface area contributed by atoms with Gasteiger partial charge in [-0.1, -0.05) is 6.07 Å². The number of carbonyl (C=O) groups is 1. The van der Waals surface area contributed by atoms with E-state index < -0.39 is 0 Å². The Bertz CT molecular complexity index is 638. The van der Waals surface area contributed by atoms with Crippen molar-refractivity contribution in [2.75, 3.05) is 12.3 Å². The molecule has 2 aromatic rings. The van der Waals surface area contributed by atoms with Crippen molar-refractivity contribution in [2.24, 2.45) is 7.05 Å². The van der Waals surface area contributed by atoms with Crippen LogP contribution < -0.4 is 15.8 Å². The van der Waals surface area contributed by atoms with E-state index >= 15 is 0 Å². The van der Waals surface area contributed by atoms with Crippen molar-refractivity contribution < 1.29 is 9.53 Å². The number of nitrogen functional groups attached to an aromatic ring is 1. The lowest BCUT2D eigenvalue weighted by Crippen LogP contribution is -2.29. The van der Waals surface area contributed by atoms with E-state index in [4.69, 9.17) is 10.5 Å². The highest BCUT2D eigenvalue weighted by atomic mass is 16.5. The van der Waals surface area contributed by atoms with E-state index in [1.165, 1.54) is 0 Å². The monoisotopic (exact) mass is 289 g/mol. The molecule has 0 aliphatic carbocycles. The molecule has 112 valence electrons. The molecule has 0 radical (unpaired) electrons. The summed E-state index contributed by atoms with van der Waals surface area (Å²) < 4.78 is 7.21. The Labute approximate surface area is 123 Å². The third kappa shape index (κ3) is 3.13. The third-order valence-electron chi connectivity index (χ3n) is 3.07. The van der Waals surface area contributed by atoms with Gasteiger partial charge in [0, 0.05) is 12.7 Å². The number of carbonyl (C=O) groups excluding carboxylic acids is 1. The summed E-state index contributed by atoms with van der Waals surface area (Å²) in [5.41, 5.74) is 6.62. The molecule has 0 saturated heterocycles. The zero-order valence-electron chi connectivity index (χ0n) is 12.3. The van der Waals surface area contributed by atoms with Gasteiger partial charge < -0.3 is 20.4 Å². The van der Waals surface area contributed by atoms with E-state index in [2.05, 4.69) is 15.5 Å². The van der Waals surface area contributed by atoms with Gasteiger partial charge in [-0.2, -0.15) is 0 Å². The second kappa shape index (κ2) is 6.25. The molecule has 1 aromatic carbocycles. The Hall–Kier alpha value is -2.57. The summed E-state index contributed by atoms with van der Waals surface area (Å²) in [6.45, 7) is 4.15. The van der Waals surface area contributed by atoms with E-state index in [9.17, 15) is 4.79 Å². The molecule has 0 fully saturated rings. The number of nitrogens with two attached hydrogens (primary N) is 1. The number of hydrogen-bond acceptors (Lipinski definition) is 5. The molecule has 0 aliphatic heterocycles. The van der Waals surface area contributed by atoms with Crippen molar-refractivity contribution in [1.29, 1.82) is 0 Å². The average Bonchev–Trinajstić information content (AvgIpc) is 2.85. The Balaban J connectivity index is 2.23. The van der Waals surface area contributed by atoms with Crippen LogP contribution in [0, 0.1) is 0 Å². The van der Waals surface area contributed by atoms with Crippen LogP contribution in [0.1, 0.15) is 36.1 Å². The van der Waals surface area contributed by atoms with Gasteiger partial charge in [0.05, 0.1) is 12.6 Å². The highest BCUT2D eigenvalue weighted by molar-refractivity contribution is 6.02. The van der Waals surface area contributed by atoms with Gasteiger partial charge in [-0.25, -0.2) is 0 Å². The van der Waals surface area contributed by atoms with E-state index in [-0.39, 0.29) is 11.9 Å². The van der Waals surface area contributed by atoms with Gasteiger partial charge >= 0.3 is 0 Å². The number of rotatable bonds is 5. The van der Waals surface area contributed by atoms with Crippen molar-refractivity contribution in [2.45, 2.75) is 19.9 Å². The Kier molecular flexibility index (Phi) is 4.42. The van der Waals surface area contributed by atoms with Crippen LogP contribution in [0.5, 0.6) is 5.75 Å². The molecule has 7 heteroatoms. The molecule has 0 spiro atoms. The molecule has 2 rings (SSSR count). The number of ether oxygens (including phenoxy) is 1. The van der Waals surface area contributed by atoms with Gasteiger partial charge in [-0.05, 0) is 26.0 Å². The Morgan fingerprint density at radius 1 is 1.52 bits per heavy atom. The van der Waals surface area contributed by atoms with Gasteiger partial charge in [0.15, 0.2) is 5.82 Å². The van der Waals surface area contributed by atoms with Crippen LogP contribution in [0.2, 0.25) is 0 Å². The highest BCUT2D eigenvalue weighted by Gasteiger charge is 2.20. The molecule has 1 amide bonds. The van der Waals surface area contributed by atoms with E-state index in [0.717, 1.165) is 0 Å². The minimum atomic E-state index is -0.299. The Morgan fingerprint density at radius 2 is 2.29 bits per heavy atom. The summed E-state index contributed by atoms with van der Waals surface area (Å²) in [7, 11) is 1.82. The van der Waals surface area contributed by atoms with Gasteiger partial charge in [-0.3, -0.25) is 4.79 Å². The SMILES string of the molecule is CCOc1cccc(N)c1C(=O)NC(C)c1nncn1C. The fraction of sp³-hybridized carbons (Fsp3) is 0.357. The number of nitrogens with zero attached hydrogens (tertiary/aromatic N) is 3. The van der Waals surface area contributed by atoms with Crippen LogP contribution in [-0.2, 0) is 7.05 Å². The number of benzene rings is 1. The van der Waals surface area contributed by atoms with Crippen molar-refractivity contribution in [3.05, 3.63) is 35.9 Å². The molecule has 3 N–H and O–H groups in total. The molecule has 1 atom stereocenters. The molecule has 7 nitrogen and oxygen atoms in total. The predicted octanol–water partition coefficient (Wildman–Crippen LogP) is 1.29. The molecule has 1 unspecified atom stereocenters. The van der Waals surface area contributed by atoms with Crippen LogP contribution in [0.4, 0.5) is 5.69 Å². The van der Waals surface area contributed by atoms with E-state index in [1.54, 1.807) is 29.1 Å². The zero-order valence-corrected chi connectivity index (χ0v) is 12.3. The quantitative estimate of drug-likeness (QED) is 0.809. The number of amides is 1. The smallest absolute Gasteiger partial charge is 0.257 e. The maximum atomic E-state index is 12.4. The minimum Gasteiger partial charge on any atom is -0.493 e. The summed E-state index contributed by atoms with van der Waals surface area (Å²) >= 11 is 0. The maximum absolute atomic E-state index is 12.4. The van der Waals surface area contributed by atoms with Crippen LogP contribution in [0.3, 0.4) is 0 Å². The second-order valence-corrected chi connectivity index (χ2v) is 4.65. The number of anilines is 1. The molecule has 0 aliphatic rings. The lowest BCUT2D eigenvalue weighted by atomic mass is 10.1. The molecule has 21 heavy (non-hydrogen) atoms. The first-order chi connectivity index (χ1) is 10.0. The standard InChI is InChI=1S/C14H19N5O2/c1-4-21-11-7-5-6-10(15)12(11)14(20)17-9(2)13-18-16-8-19(13)3/h5-9H,4,15H2,1-3H3,(H,17,20). The fourth-order valence-corrected chi connectivity index (χ4v) is 2.08. The normalized spacial score (nSPS) is 12.0. The van der Waals surface area contributed by atoms with Crippen LogP contribution in [-0.4, -0.2) is 27.3 Å². The number of hydrogen-bond donors (Lipinski definition) is 2. The van der Waals surface area contributed by atoms with Crippen LogP contribution >= 0.6 is 0 Å². The largest absolute Gasteiger partial charge is 0.493 e. The molecular weight excluding hydrogens is 270 g/mol. The van der Waals surface area contributed by atoms with Crippen LogP contribution in [0.25, 0.3) is 0 Å². The van der Waals surface area contributed by atoms with E-state index in [1.807, 2.05) is 20.9 Å². The minimum absolute atomic E-state index is 0.293. The summed E-state index contributed by atoms with van der Waals surface area (Å²) in [5, 5.41) is 10.6. The molecular formula is C14H19N5O2. The number of aryl methyl sites for hydroxylation is 1. The van der Waals surface area contributed by atoms with Gasteiger partial charge in [-0.15, -0.1) is 10.2 Å². The molecule has 0 saturated carbocycles. The van der Waals surface area contributed by atoms with Crippen molar-refractivity contribution in [3.8, 4) is 5.75 Å². The lowest BCUT2D eigenvalue weighted by molar-refractivity contribution is 0.0935. The Morgan fingerprint density at radius 3 is 2.90 bits per heavy atom. The summed E-state index contributed by atoms with van der Waals surface area (Å²) in [6, 6.07) is 4.86. The topological polar surface area (TPSA) is 95.1 Å². The first kappa shape index (κ1) is 14.8. The molecule has 1 heterocycles. The average molecular weight is 289 g/mol. The van der Waals surface area contributed by atoms with Gasteiger partial charge in [0.2, 0.25) is 0 Å². The molecule has 1 aromatic heterocycles. The first-order valence-corrected chi connectivity index (χ1v) is 6.70. The van der Waals surface area contributed by atoms with Crippen molar-refractivity contribution >= 4 is 11.6 Å². The third-order valence-corrected chi connectivity index (χ3v) is 3.07. The first-order valence-electron chi connectivity index (χ1n) is 6.70. The lowest BCUT2D eigenvalue weighted by Gasteiger charge is -2.16. The number of nitrogens with one attached hydrogen (secondary N) is 1. The van der Waals surface area contributed by atoms with E-state index in [0.29, 0.717) is 29.4 Å².